The Bertz CT molecular complexity index is 506. The summed E-state index contributed by atoms with van der Waals surface area (Å²) in [5.41, 5.74) is 4.22. The van der Waals surface area contributed by atoms with E-state index in [1.807, 2.05) is 0 Å². The number of halogens is 2. The van der Waals surface area contributed by atoms with E-state index in [9.17, 15) is 18.4 Å². The van der Waals surface area contributed by atoms with Crippen LogP contribution in [0.2, 0.25) is 0 Å². The van der Waals surface area contributed by atoms with Gasteiger partial charge in [-0.15, -0.1) is 0 Å². The summed E-state index contributed by atoms with van der Waals surface area (Å²) in [6, 6.07) is 1.17. The molecule has 1 aromatic carbocycles. The number of anilines is 1. The van der Waals surface area contributed by atoms with E-state index in [2.05, 4.69) is 5.32 Å². The lowest BCUT2D eigenvalue weighted by molar-refractivity contribution is -0.119. The molecule has 0 aliphatic rings. The van der Waals surface area contributed by atoms with Crippen LogP contribution in [0, 0.1) is 17.6 Å². The molecule has 0 spiro atoms. The third kappa shape index (κ3) is 3.72. The number of carboxylic acid groups (broad SMARTS) is 1. The smallest absolute Gasteiger partial charge is 0.338 e. The summed E-state index contributed by atoms with van der Waals surface area (Å²) in [5.74, 6) is -4.73. The Morgan fingerprint density at radius 1 is 1.37 bits per heavy atom. The maximum atomic E-state index is 13.4. The van der Waals surface area contributed by atoms with Crippen LogP contribution in [-0.4, -0.2) is 23.5 Å². The van der Waals surface area contributed by atoms with Gasteiger partial charge in [0.2, 0.25) is 5.91 Å². The summed E-state index contributed by atoms with van der Waals surface area (Å²) in [6.07, 6.45) is 0.403. The second kappa shape index (κ2) is 6.24. The van der Waals surface area contributed by atoms with E-state index in [4.69, 9.17) is 10.8 Å². The third-order valence-corrected chi connectivity index (χ3v) is 2.59. The zero-order chi connectivity index (χ0) is 14.6. The number of carbonyl (C=O) groups is 2. The minimum Gasteiger partial charge on any atom is -0.478 e. The number of hydrogen-bond acceptors (Lipinski definition) is 3. The van der Waals surface area contributed by atoms with Crippen LogP contribution in [-0.2, 0) is 4.79 Å². The summed E-state index contributed by atoms with van der Waals surface area (Å²) in [5, 5.41) is 10.9. The molecule has 104 valence electrons. The summed E-state index contributed by atoms with van der Waals surface area (Å²) >= 11 is 0. The van der Waals surface area contributed by atoms with Crippen molar-refractivity contribution in [3.05, 3.63) is 29.3 Å². The summed E-state index contributed by atoms with van der Waals surface area (Å²) in [6.45, 7) is 1.89. The fourth-order valence-electron chi connectivity index (χ4n) is 1.45. The average Bonchev–Trinajstić information content (AvgIpc) is 2.32. The molecule has 0 bridgehead atoms. The monoisotopic (exact) mass is 272 g/mol. The van der Waals surface area contributed by atoms with Crippen molar-refractivity contribution in [3.63, 3.8) is 0 Å². The largest absolute Gasteiger partial charge is 0.478 e. The predicted octanol–water partition coefficient (Wildman–Crippen LogP) is 1.59. The first-order chi connectivity index (χ1) is 8.86. The van der Waals surface area contributed by atoms with Gasteiger partial charge >= 0.3 is 5.97 Å². The number of hydrogen-bond donors (Lipinski definition) is 3. The number of rotatable bonds is 5. The van der Waals surface area contributed by atoms with E-state index in [0.29, 0.717) is 19.0 Å². The molecular formula is C12H14F2N2O3. The van der Waals surface area contributed by atoms with E-state index in [0.717, 1.165) is 6.07 Å². The average molecular weight is 272 g/mol. The molecule has 0 radical (unpaired) electrons. The van der Waals surface area contributed by atoms with Crippen molar-refractivity contribution in [2.75, 3.05) is 11.9 Å². The molecule has 0 saturated carbocycles. The van der Waals surface area contributed by atoms with E-state index in [1.165, 1.54) is 0 Å². The lowest BCUT2D eigenvalue weighted by atomic mass is 10.1. The van der Waals surface area contributed by atoms with Crippen molar-refractivity contribution in [2.24, 2.45) is 11.7 Å². The molecule has 0 saturated heterocycles. The molecule has 1 aromatic rings. The maximum Gasteiger partial charge on any atom is 0.338 e. The van der Waals surface area contributed by atoms with Crippen molar-refractivity contribution in [1.82, 2.24) is 0 Å². The van der Waals surface area contributed by atoms with Gasteiger partial charge in [-0.1, -0.05) is 6.92 Å². The molecule has 4 N–H and O–H groups in total. The Balaban J connectivity index is 2.98. The number of carboxylic acids is 1. The number of benzene rings is 1. The minimum atomic E-state index is -1.54. The van der Waals surface area contributed by atoms with E-state index in [1.54, 1.807) is 6.92 Å². The van der Waals surface area contributed by atoms with Gasteiger partial charge in [-0.3, -0.25) is 4.79 Å². The van der Waals surface area contributed by atoms with Crippen molar-refractivity contribution in [3.8, 4) is 0 Å². The van der Waals surface area contributed by atoms with Crippen LogP contribution >= 0.6 is 0 Å². The Morgan fingerprint density at radius 3 is 2.53 bits per heavy atom. The molecule has 1 rings (SSSR count). The third-order valence-electron chi connectivity index (χ3n) is 2.59. The van der Waals surface area contributed by atoms with Crippen LogP contribution in [0.3, 0.4) is 0 Å². The Labute approximate surface area is 108 Å². The molecule has 1 amide bonds. The molecule has 5 nitrogen and oxygen atoms in total. The Morgan fingerprint density at radius 2 is 2.00 bits per heavy atom. The zero-order valence-electron chi connectivity index (χ0n) is 10.2. The molecule has 0 aliphatic carbocycles. The summed E-state index contributed by atoms with van der Waals surface area (Å²) < 4.78 is 26.6. The Hall–Kier alpha value is -2.02. The van der Waals surface area contributed by atoms with Gasteiger partial charge in [-0.05, 0) is 19.0 Å². The first kappa shape index (κ1) is 15.0. The maximum absolute atomic E-state index is 13.4. The molecule has 0 fully saturated rings. The number of nitrogens with one attached hydrogen (secondary N) is 1. The molecule has 1 unspecified atom stereocenters. The quantitative estimate of drug-likeness (QED) is 0.758. The van der Waals surface area contributed by atoms with Gasteiger partial charge < -0.3 is 16.2 Å². The predicted molar refractivity (Wildman–Crippen MR) is 64.8 cm³/mol. The highest BCUT2D eigenvalue weighted by molar-refractivity contribution is 5.95. The van der Waals surface area contributed by atoms with Crippen molar-refractivity contribution in [1.29, 1.82) is 0 Å². The fourth-order valence-corrected chi connectivity index (χ4v) is 1.45. The van der Waals surface area contributed by atoms with Gasteiger partial charge in [0, 0.05) is 12.0 Å². The highest BCUT2D eigenvalue weighted by Crippen LogP contribution is 2.20. The van der Waals surface area contributed by atoms with Gasteiger partial charge in [0.15, 0.2) is 0 Å². The zero-order valence-corrected chi connectivity index (χ0v) is 10.2. The number of nitrogens with two attached hydrogens (primary N) is 1. The van der Waals surface area contributed by atoms with Crippen molar-refractivity contribution in [2.45, 2.75) is 13.3 Å². The molecule has 0 aromatic heterocycles. The lowest BCUT2D eigenvalue weighted by Gasteiger charge is -2.12. The molecule has 0 heterocycles. The van der Waals surface area contributed by atoms with Crippen LogP contribution in [0.5, 0.6) is 0 Å². The van der Waals surface area contributed by atoms with Crippen LogP contribution < -0.4 is 11.1 Å². The first-order valence-electron chi connectivity index (χ1n) is 5.60. The standard InChI is InChI=1S/C12H14F2N2O3/c1-6(2-3-15)11(17)16-10-4-7(12(18)19)8(13)5-9(10)14/h4-6H,2-3,15H2,1H3,(H,16,17)(H,18,19). The van der Waals surface area contributed by atoms with Gasteiger partial charge in [-0.25, -0.2) is 13.6 Å². The highest BCUT2D eigenvalue weighted by Gasteiger charge is 2.18. The van der Waals surface area contributed by atoms with E-state index in [-0.39, 0.29) is 5.69 Å². The normalized spacial score (nSPS) is 12.0. The highest BCUT2D eigenvalue weighted by atomic mass is 19.1. The molecular weight excluding hydrogens is 258 g/mol. The van der Waals surface area contributed by atoms with Gasteiger partial charge in [0.25, 0.3) is 0 Å². The van der Waals surface area contributed by atoms with Crippen LogP contribution in [0.25, 0.3) is 0 Å². The van der Waals surface area contributed by atoms with Crippen LogP contribution in [0.15, 0.2) is 12.1 Å². The fraction of sp³-hybridized carbons (Fsp3) is 0.333. The van der Waals surface area contributed by atoms with Crippen LogP contribution in [0.1, 0.15) is 23.7 Å². The SMILES string of the molecule is CC(CCN)C(=O)Nc1cc(C(=O)O)c(F)cc1F. The second-order valence-corrected chi connectivity index (χ2v) is 4.08. The van der Waals surface area contributed by atoms with E-state index < -0.39 is 35.0 Å². The summed E-state index contributed by atoms with van der Waals surface area (Å²) in [7, 11) is 0. The van der Waals surface area contributed by atoms with Gasteiger partial charge in [0.1, 0.15) is 11.6 Å². The minimum absolute atomic E-state index is 0.293. The number of amides is 1. The lowest BCUT2D eigenvalue weighted by Crippen LogP contribution is -2.23. The van der Waals surface area contributed by atoms with Crippen molar-refractivity contribution < 1.29 is 23.5 Å². The van der Waals surface area contributed by atoms with Crippen LogP contribution in [0.4, 0.5) is 14.5 Å². The number of aromatic carboxylic acids is 1. The van der Waals surface area contributed by atoms with E-state index >= 15 is 0 Å². The summed E-state index contributed by atoms with van der Waals surface area (Å²) in [4.78, 5) is 22.4. The van der Waals surface area contributed by atoms with Crippen molar-refractivity contribution >= 4 is 17.6 Å². The van der Waals surface area contributed by atoms with Gasteiger partial charge in [-0.2, -0.15) is 0 Å². The topological polar surface area (TPSA) is 92.4 Å². The molecule has 0 aliphatic heterocycles. The molecule has 19 heavy (non-hydrogen) atoms. The molecule has 1 atom stereocenters. The molecule has 7 heteroatoms. The Kier molecular flexibility index (Phi) is 4.94. The first-order valence-corrected chi connectivity index (χ1v) is 5.60. The number of carbonyl (C=O) groups excluding carboxylic acids is 1. The second-order valence-electron chi connectivity index (χ2n) is 4.08. The van der Waals surface area contributed by atoms with Gasteiger partial charge in [0.05, 0.1) is 11.3 Å².